The van der Waals surface area contributed by atoms with E-state index in [0.717, 1.165) is 48.4 Å². The van der Waals surface area contributed by atoms with Crippen LogP contribution in [0.5, 0.6) is 11.6 Å². The summed E-state index contributed by atoms with van der Waals surface area (Å²) >= 11 is 1.44. The lowest BCUT2D eigenvalue weighted by molar-refractivity contribution is -0.137. The molecule has 4 nitrogen and oxygen atoms in total. The molecule has 1 aliphatic rings. The second kappa shape index (κ2) is 9.56. The topological polar surface area (TPSA) is 51.2 Å². The molecule has 0 saturated heterocycles. The summed E-state index contributed by atoms with van der Waals surface area (Å²) in [6.45, 7) is 0. The lowest BCUT2D eigenvalue weighted by Gasteiger charge is -2.24. The van der Waals surface area contributed by atoms with Crippen LogP contribution in [0.15, 0.2) is 65.7 Å². The second-order valence-corrected chi connectivity index (χ2v) is 8.53. The zero-order chi connectivity index (χ0) is 22.6. The molecule has 1 fully saturated rings. The first kappa shape index (κ1) is 22.1. The monoisotopic (exact) mass is 458 g/mol. The van der Waals surface area contributed by atoms with Gasteiger partial charge in [-0.2, -0.15) is 13.2 Å². The average Bonchev–Trinajstić information content (AvgIpc) is 3.30. The number of nitrogens with one attached hydrogen (secondary N) is 1. The quantitative estimate of drug-likeness (QED) is 0.462. The van der Waals surface area contributed by atoms with Crippen molar-refractivity contribution in [2.75, 3.05) is 0 Å². The number of nitrogens with zero attached hydrogens (tertiary/aromatic N) is 1. The number of benzene rings is 1. The van der Waals surface area contributed by atoms with Crippen LogP contribution in [0.4, 0.5) is 13.2 Å². The summed E-state index contributed by atoms with van der Waals surface area (Å²) in [6.07, 6.45) is 1.98. The van der Waals surface area contributed by atoms with Crippen LogP contribution in [0, 0.1) is 0 Å². The molecule has 0 spiro atoms. The number of halogens is 3. The highest BCUT2D eigenvalue weighted by atomic mass is 32.1. The number of allylic oxidation sites excluding steroid dienone is 1. The number of amides is 1. The van der Waals surface area contributed by atoms with E-state index in [9.17, 15) is 18.0 Å². The first-order chi connectivity index (χ1) is 15.4. The number of rotatable bonds is 5. The highest BCUT2D eigenvalue weighted by Gasteiger charge is 2.30. The predicted octanol–water partition coefficient (Wildman–Crippen LogP) is 6.71. The second-order valence-electron chi connectivity index (χ2n) is 7.59. The predicted molar refractivity (Wildman–Crippen MR) is 118 cm³/mol. The Hall–Kier alpha value is -3.13. The maximum absolute atomic E-state index is 12.7. The van der Waals surface area contributed by atoms with Crippen LogP contribution in [0.25, 0.3) is 6.08 Å². The number of carbonyl (C=O) groups is 1. The summed E-state index contributed by atoms with van der Waals surface area (Å²) < 4.78 is 43.6. The third-order valence-corrected chi connectivity index (χ3v) is 6.09. The van der Waals surface area contributed by atoms with Crippen LogP contribution in [0.3, 0.4) is 0 Å². The number of aromatic nitrogens is 1. The van der Waals surface area contributed by atoms with Gasteiger partial charge < -0.3 is 10.1 Å². The minimum atomic E-state index is -4.43. The minimum absolute atomic E-state index is 0.0147. The number of hydrogen-bond donors (Lipinski definition) is 1. The van der Waals surface area contributed by atoms with Gasteiger partial charge in [-0.05, 0) is 60.9 Å². The number of alkyl halides is 3. The molecule has 4 rings (SSSR count). The summed E-state index contributed by atoms with van der Waals surface area (Å²) in [5, 5.41) is 4.99. The third kappa shape index (κ3) is 5.76. The molecule has 8 heteroatoms. The van der Waals surface area contributed by atoms with Crippen molar-refractivity contribution >= 4 is 23.3 Å². The summed E-state index contributed by atoms with van der Waals surface area (Å²) in [4.78, 5) is 16.7. The molecule has 1 saturated carbocycles. The summed E-state index contributed by atoms with van der Waals surface area (Å²) in [6, 6.07) is 13.4. The van der Waals surface area contributed by atoms with Gasteiger partial charge in [-0.1, -0.05) is 29.8 Å². The molecule has 0 atom stereocenters. The minimum Gasteiger partial charge on any atom is -0.439 e. The maximum atomic E-state index is 12.7. The fourth-order valence-electron chi connectivity index (χ4n) is 3.57. The number of thiophene rings is 1. The van der Waals surface area contributed by atoms with Gasteiger partial charge in [-0.3, -0.25) is 4.79 Å². The fraction of sp³-hybridized carbons (Fsp3) is 0.250. The smallest absolute Gasteiger partial charge is 0.417 e. The van der Waals surface area contributed by atoms with Crippen LogP contribution >= 0.6 is 11.3 Å². The van der Waals surface area contributed by atoms with E-state index in [0.29, 0.717) is 5.75 Å². The summed E-state index contributed by atoms with van der Waals surface area (Å²) in [7, 11) is 0. The van der Waals surface area contributed by atoms with E-state index >= 15 is 0 Å². The van der Waals surface area contributed by atoms with Gasteiger partial charge in [-0.15, -0.1) is 11.3 Å². The largest absolute Gasteiger partial charge is 0.439 e. The van der Waals surface area contributed by atoms with Gasteiger partial charge in [0.25, 0.3) is 5.91 Å². The van der Waals surface area contributed by atoms with Crippen LogP contribution < -0.4 is 10.1 Å². The van der Waals surface area contributed by atoms with Gasteiger partial charge in [0.05, 0.1) is 10.4 Å². The Morgan fingerprint density at radius 3 is 2.59 bits per heavy atom. The van der Waals surface area contributed by atoms with E-state index < -0.39 is 11.7 Å². The molecule has 1 aliphatic carbocycles. The molecule has 2 aromatic heterocycles. The highest BCUT2D eigenvalue weighted by Crippen LogP contribution is 2.31. The summed E-state index contributed by atoms with van der Waals surface area (Å²) in [5.74, 6) is 0.590. The van der Waals surface area contributed by atoms with E-state index in [1.165, 1.54) is 23.0 Å². The molecule has 0 radical (unpaired) electrons. The Kier molecular flexibility index (Phi) is 6.60. The van der Waals surface area contributed by atoms with Crippen LogP contribution in [0.1, 0.15) is 46.5 Å². The highest BCUT2D eigenvalue weighted by molar-refractivity contribution is 7.12. The molecule has 0 bridgehead atoms. The molecule has 1 aromatic carbocycles. The Morgan fingerprint density at radius 2 is 1.94 bits per heavy atom. The Morgan fingerprint density at radius 1 is 1.12 bits per heavy atom. The Balaban J connectivity index is 1.34. The summed E-state index contributed by atoms with van der Waals surface area (Å²) in [5.41, 5.74) is 1.42. The molecule has 166 valence electrons. The zero-order valence-electron chi connectivity index (χ0n) is 17.1. The van der Waals surface area contributed by atoms with E-state index in [4.69, 9.17) is 4.74 Å². The third-order valence-electron chi connectivity index (χ3n) is 5.22. The molecule has 32 heavy (non-hydrogen) atoms. The lowest BCUT2D eigenvalue weighted by atomic mass is 9.89. The molecule has 0 unspecified atom stereocenters. The van der Waals surface area contributed by atoms with Crippen LogP contribution in [0.2, 0.25) is 0 Å². The standard InChI is InChI=1S/C24H21F3N2O2S/c25-24(26,27)18-8-11-22(28-15-18)31-20-4-1-3-17(14-20)13-16-6-9-19(10-7-16)29-23(30)21-5-2-12-32-21/h1-5,8,11-15,19H,6-7,9-10H2,(H,29,30). The lowest BCUT2D eigenvalue weighted by Crippen LogP contribution is -2.36. The Bertz CT molecular complexity index is 1080. The Labute approximate surface area is 187 Å². The fourth-order valence-corrected chi connectivity index (χ4v) is 4.20. The van der Waals surface area contributed by atoms with Crippen molar-refractivity contribution in [1.82, 2.24) is 10.3 Å². The first-order valence-electron chi connectivity index (χ1n) is 10.2. The molecule has 0 aliphatic heterocycles. The maximum Gasteiger partial charge on any atom is 0.417 e. The number of carbonyl (C=O) groups excluding carboxylic acids is 1. The first-order valence-corrected chi connectivity index (χ1v) is 11.1. The van der Waals surface area contributed by atoms with Crippen LogP contribution in [-0.4, -0.2) is 16.9 Å². The van der Waals surface area contributed by atoms with Crippen molar-refractivity contribution in [3.05, 3.63) is 81.7 Å². The van der Waals surface area contributed by atoms with E-state index in [2.05, 4.69) is 16.4 Å². The van der Waals surface area contributed by atoms with Gasteiger partial charge in [0.1, 0.15) is 5.75 Å². The van der Waals surface area contributed by atoms with Crippen molar-refractivity contribution in [2.45, 2.75) is 37.9 Å². The number of ether oxygens (including phenoxy) is 1. The average molecular weight is 459 g/mol. The molecule has 3 aromatic rings. The van der Waals surface area contributed by atoms with E-state index in [1.807, 2.05) is 35.7 Å². The molecule has 2 heterocycles. The molecule has 1 amide bonds. The van der Waals surface area contributed by atoms with Crippen molar-refractivity contribution in [3.63, 3.8) is 0 Å². The number of pyridine rings is 1. The van der Waals surface area contributed by atoms with Crippen molar-refractivity contribution in [1.29, 1.82) is 0 Å². The van der Waals surface area contributed by atoms with Gasteiger partial charge in [0.15, 0.2) is 0 Å². The normalized spacial score (nSPS) is 16.5. The molecular weight excluding hydrogens is 437 g/mol. The molecule has 1 N–H and O–H groups in total. The van der Waals surface area contributed by atoms with Crippen molar-refractivity contribution in [2.24, 2.45) is 0 Å². The SMILES string of the molecule is O=C(NC1CCC(=Cc2cccc(Oc3ccc(C(F)(F)F)cn3)c2)CC1)c1cccs1. The zero-order valence-corrected chi connectivity index (χ0v) is 17.9. The van der Waals surface area contributed by atoms with Gasteiger partial charge in [0, 0.05) is 18.3 Å². The van der Waals surface area contributed by atoms with Gasteiger partial charge >= 0.3 is 6.18 Å². The van der Waals surface area contributed by atoms with Crippen LogP contribution in [-0.2, 0) is 6.18 Å². The number of hydrogen-bond acceptors (Lipinski definition) is 4. The van der Waals surface area contributed by atoms with Gasteiger partial charge in [-0.25, -0.2) is 4.98 Å². The van der Waals surface area contributed by atoms with Gasteiger partial charge in [0.2, 0.25) is 5.88 Å². The van der Waals surface area contributed by atoms with E-state index in [-0.39, 0.29) is 17.8 Å². The van der Waals surface area contributed by atoms with Crippen molar-refractivity contribution in [3.8, 4) is 11.6 Å². The van der Waals surface area contributed by atoms with E-state index in [1.54, 1.807) is 6.07 Å². The van der Waals surface area contributed by atoms with Crippen molar-refractivity contribution < 1.29 is 22.7 Å². The molecular formula is C24H21F3N2O2S.